The Kier molecular flexibility index (Phi) is 2.94. The lowest BCUT2D eigenvalue weighted by Crippen LogP contribution is -2.43. The molecule has 92 valence electrons. The molecule has 1 aliphatic carbocycles. The maximum Gasteiger partial charge on any atom is 0.0939 e. The van der Waals surface area contributed by atoms with Gasteiger partial charge in [0.2, 0.25) is 0 Å². The predicted molar refractivity (Wildman–Crippen MR) is 60.2 cm³/mol. The first-order chi connectivity index (χ1) is 7.79. The first-order valence-electron chi connectivity index (χ1n) is 6.69. The van der Waals surface area contributed by atoms with E-state index in [4.69, 9.17) is 9.47 Å². The van der Waals surface area contributed by atoms with Gasteiger partial charge in [-0.15, -0.1) is 0 Å². The standard InChI is InChI=1S/C13H22O3/c14-12-3-1-2-11(12)10-4-6-16-13(8-10)5-7-15-9-13/h10-12,14H,1-9H2. The van der Waals surface area contributed by atoms with E-state index >= 15 is 0 Å². The van der Waals surface area contributed by atoms with Crippen molar-refractivity contribution in [2.24, 2.45) is 11.8 Å². The first-order valence-corrected chi connectivity index (χ1v) is 6.69. The molecule has 0 aromatic rings. The van der Waals surface area contributed by atoms with E-state index in [9.17, 15) is 5.11 Å². The summed E-state index contributed by atoms with van der Waals surface area (Å²) >= 11 is 0. The third-order valence-corrected chi connectivity index (χ3v) is 4.74. The summed E-state index contributed by atoms with van der Waals surface area (Å²) < 4.78 is 11.4. The molecule has 1 N–H and O–H groups in total. The highest BCUT2D eigenvalue weighted by Crippen LogP contribution is 2.43. The minimum absolute atomic E-state index is 0.00519. The minimum Gasteiger partial charge on any atom is -0.393 e. The van der Waals surface area contributed by atoms with Crippen molar-refractivity contribution in [1.82, 2.24) is 0 Å². The fraction of sp³-hybridized carbons (Fsp3) is 1.00. The molecule has 1 saturated carbocycles. The van der Waals surface area contributed by atoms with Gasteiger partial charge < -0.3 is 14.6 Å². The number of rotatable bonds is 1. The SMILES string of the molecule is OC1CCCC1C1CCOC2(CCOC2)C1. The molecule has 3 fully saturated rings. The molecule has 0 aromatic heterocycles. The van der Waals surface area contributed by atoms with Crippen molar-refractivity contribution in [3.8, 4) is 0 Å². The Labute approximate surface area is 97.1 Å². The molecule has 0 radical (unpaired) electrons. The van der Waals surface area contributed by atoms with Crippen LogP contribution in [-0.2, 0) is 9.47 Å². The van der Waals surface area contributed by atoms with E-state index in [0.29, 0.717) is 11.8 Å². The lowest BCUT2D eigenvalue weighted by Gasteiger charge is -2.40. The summed E-state index contributed by atoms with van der Waals surface area (Å²) in [4.78, 5) is 0. The van der Waals surface area contributed by atoms with Crippen molar-refractivity contribution in [2.75, 3.05) is 19.8 Å². The molecule has 2 saturated heterocycles. The molecule has 3 heteroatoms. The zero-order valence-electron chi connectivity index (χ0n) is 9.86. The molecular weight excluding hydrogens is 204 g/mol. The molecule has 3 nitrogen and oxygen atoms in total. The topological polar surface area (TPSA) is 38.7 Å². The summed E-state index contributed by atoms with van der Waals surface area (Å²) in [5.74, 6) is 1.19. The lowest BCUT2D eigenvalue weighted by molar-refractivity contribution is -0.112. The third kappa shape index (κ3) is 1.89. The van der Waals surface area contributed by atoms with Gasteiger partial charge in [0, 0.05) is 19.6 Å². The van der Waals surface area contributed by atoms with Crippen LogP contribution >= 0.6 is 0 Å². The Morgan fingerprint density at radius 3 is 2.75 bits per heavy atom. The average molecular weight is 226 g/mol. The second kappa shape index (κ2) is 4.28. The van der Waals surface area contributed by atoms with Gasteiger partial charge in [0.15, 0.2) is 0 Å². The van der Waals surface area contributed by atoms with E-state index in [1.165, 1.54) is 12.8 Å². The van der Waals surface area contributed by atoms with Crippen LogP contribution in [0.3, 0.4) is 0 Å². The Hall–Kier alpha value is -0.120. The van der Waals surface area contributed by atoms with Crippen molar-refractivity contribution >= 4 is 0 Å². The second-order valence-electron chi connectivity index (χ2n) is 5.75. The largest absolute Gasteiger partial charge is 0.393 e. The summed E-state index contributed by atoms with van der Waals surface area (Å²) in [6.45, 7) is 2.48. The van der Waals surface area contributed by atoms with Crippen LogP contribution in [0.15, 0.2) is 0 Å². The third-order valence-electron chi connectivity index (χ3n) is 4.74. The van der Waals surface area contributed by atoms with E-state index in [-0.39, 0.29) is 11.7 Å². The highest BCUT2D eigenvalue weighted by Gasteiger charge is 2.44. The number of aliphatic hydroxyl groups is 1. The van der Waals surface area contributed by atoms with Crippen LogP contribution in [0, 0.1) is 11.8 Å². The molecule has 4 unspecified atom stereocenters. The summed E-state index contributed by atoms with van der Waals surface area (Å²) in [6.07, 6.45) is 6.65. The molecule has 16 heavy (non-hydrogen) atoms. The van der Waals surface area contributed by atoms with E-state index in [1.54, 1.807) is 0 Å². The average Bonchev–Trinajstić information content (AvgIpc) is 2.88. The molecule has 3 aliphatic rings. The van der Waals surface area contributed by atoms with E-state index in [1.807, 2.05) is 0 Å². The Morgan fingerprint density at radius 2 is 2.06 bits per heavy atom. The molecule has 0 amide bonds. The van der Waals surface area contributed by atoms with E-state index in [0.717, 1.165) is 45.5 Å². The van der Waals surface area contributed by atoms with Gasteiger partial charge in [-0.2, -0.15) is 0 Å². The van der Waals surface area contributed by atoms with Gasteiger partial charge in [-0.05, 0) is 37.5 Å². The van der Waals surface area contributed by atoms with Gasteiger partial charge in [0.05, 0.1) is 18.3 Å². The quantitative estimate of drug-likeness (QED) is 0.740. The summed E-state index contributed by atoms with van der Waals surface area (Å²) in [5, 5.41) is 10.0. The van der Waals surface area contributed by atoms with Gasteiger partial charge in [-0.25, -0.2) is 0 Å². The first kappa shape index (κ1) is 11.0. The van der Waals surface area contributed by atoms with Crippen LogP contribution in [0.1, 0.15) is 38.5 Å². The van der Waals surface area contributed by atoms with Crippen molar-refractivity contribution in [3.63, 3.8) is 0 Å². The van der Waals surface area contributed by atoms with Crippen LogP contribution in [0.5, 0.6) is 0 Å². The van der Waals surface area contributed by atoms with Crippen molar-refractivity contribution < 1.29 is 14.6 Å². The van der Waals surface area contributed by atoms with Gasteiger partial charge in [-0.1, -0.05) is 6.42 Å². The maximum atomic E-state index is 10.0. The highest BCUT2D eigenvalue weighted by atomic mass is 16.6. The van der Waals surface area contributed by atoms with E-state index in [2.05, 4.69) is 0 Å². The van der Waals surface area contributed by atoms with E-state index < -0.39 is 0 Å². The number of hydrogen-bond acceptors (Lipinski definition) is 3. The van der Waals surface area contributed by atoms with Crippen molar-refractivity contribution in [1.29, 1.82) is 0 Å². The van der Waals surface area contributed by atoms with Gasteiger partial charge in [0.25, 0.3) is 0 Å². The van der Waals surface area contributed by atoms with Crippen LogP contribution in [0.4, 0.5) is 0 Å². The Morgan fingerprint density at radius 1 is 1.12 bits per heavy atom. The lowest BCUT2D eigenvalue weighted by atomic mass is 9.76. The zero-order valence-corrected chi connectivity index (χ0v) is 9.86. The van der Waals surface area contributed by atoms with Gasteiger partial charge in [-0.3, -0.25) is 0 Å². The summed E-state index contributed by atoms with van der Waals surface area (Å²) in [6, 6.07) is 0. The Balaban J connectivity index is 1.67. The van der Waals surface area contributed by atoms with Crippen LogP contribution in [0.2, 0.25) is 0 Å². The molecule has 2 heterocycles. The Bertz CT molecular complexity index is 248. The minimum atomic E-state index is -0.0533. The molecule has 0 bridgehead atoms. The van der Waals surface area contributed by atoms with Crippen molar-refractivity contribution in [3.05, 3.63) is 0 Å². The highest BCUT2D eigenvalue weighted by molar-refractivity contribution is 4.94. The molecule has 1 spiro atoms. The zero-order chi connectivity index (χ0) is 11.0. The number of ether oxygens (including phenoxy) is 2. The van der Waals surface area contributed by atoms with Crippen LogP contribution in [0.25, 0.3) is 0 Å². The molecule has 4 atom stereocenters. The molecule has 0 aromatic carbocycles. The predicted octanol–water partition coefficient (Wildman–Crippen LogP) is 1.73. The second-order valence-corrected chi connectivity index (χ2v) is 5.75. The summed E-state index contributed by atoms with van der Waals surface area (Å²) in [7, 11) is 0. The smallest absolute Gasteiger partial charge is 0.0939 e. The maximum absolute atomic E-state index is 10.0. The summed E-state index contributed by atoms with van der Waals surface area (Å²) in [5.41, 5.74) is 0.00519. The molecule has 3 rings (SSSR count). The fourth-order valence-corrected chi connectivity index (χ4v) is 3.81. The van der Waals surface area contributed by atoms with Crippen LogP contribution < -0.4 is 0 Å². The molecular formula is C13H22O3. The number of hydrogen-bond donors (Lipinski definition) is 1. The normalized spacial score (nSPS) is 48.9. The van der Waals surface area contributed by atoms with Crippen molar-refractivity contribution in [2.45, 2.75) is 50.2 Å². The number of aliphatic hydroxyl groups excluding tert-OH is 1. The van der Waals surface area contributed by atoms with Gasteiger partial charge in [0.1, 0.15) is 0 Å². The van der Waals surface area contributed by atoms with Crippen LogP contribution in [-0.4, -0.2) is 36.6 Å². The fourth-order valence-electron chi connectivity index (χ4n) is 3.81. The monoisotopic (exact) mass is 226 g/mol. The molecule has 2 aliphatic heterocycles. The van der Waals surface area contributed by atoms with Gasteiger partial charge >= 0.3 is 0 Å².